The van der Waals surface area contributed by atoms with Crippen molar-refractivity contribution in [3.63, 3.8) is 0 Å². The Balaban J connectivity index is 1.74. The highest BCUT2D eigenvalue weighted by atomic mass is 32.1. The second-order valence-electron chi connectivity index (χ2n) is 4.42. The van der Waals surface area contributed by atoms with E-state index < -0.39 is 0 Å². The topological polar surface area (TPSA) is 15.3 Å². The van der Waals surface area contributed by atoms with Gasteiger partial charge in [0.15, 0.2) is 0 Å². The summed E-state index contributed by atoms with van der Waals surface area (Å²) in [5, 5.41) is 5.75. The monoisotopic (exact) mass is 224 g/mol. The molecule has 1 aromatic heterocycles. The quantitative estimate of drug-likeness (QED) is 0.844. The zero-order chi connectivity index (χ0) is 10.5. The number of rotatable bonds is 4. The fraction of sp³-hybridized carbons (Fsp3) is 0.667. The fourth-order valence-electron chi connectivity index (χ4n) is 2.19. The third-order valence-corrected chi connectivity index (χ3v) is 3.81. The van der Waals surface area contributed by atoms with E-state index in [0.29, 0.717) is 6.04 Å². The van der Waals surface area contributed by atoms with Gasteiger partial charge in [0.2, 0.25) is 0 Å². The first-order valence-corrected chi connectivity index (χ1v) is 6.67. The molecule has 1 fully saturated rings. The van der Waals surface area contributed by atoms with Crippen molar-refractivity contribution in [3.05, 3.63) is 22.4 Å². The smallest absolute Gasteiger partial charge is 0.0325 e. The first-order chi connectivity index (χ1) is 7.34. The van der Waals surface area contributed by atoms with Gasteiger partial charge in [-0.3, -0.25) is 4.90 Å². The summed E-state index contributed by atoms with van der Waals surface area (Å²) in [5.41, 5.74) is 0. The number of thiophene rings is 1. The van der Waals surface area contributed by atoms with Gasteiger partial charge in [-0.1, -0.05) is 12.5 Å². The number of piperidine rings is 1. The Labute approximate surface area is 96.3 Å². The van der Waals surface area contributed by atoms with E-state index >= 15 is 0 Å². The number of nitrogens with one attached hydrogen (secondary N) is 1. The zero-order valence-electron chi connectivity index (χ0n) is 9.41. The molecule has 0 saturated carbocycles. The molecule has 2 heterocycles. The Morgan fingerprint density at radius 1 is 1.53 bits per heavy atom. The highest BCUT2D eigenvalue weighted by Crippen LogP contribution is 2.13. The Kier molecular flexibility index (Phi) is 4.18. The molecular formula is C12H20N2S. The van der Waals surface area contributed by atoms with Crippen LogP contribution in [0.5, 0.6) is 0 Å². The van der Waals surface area contributed by atoms with E-state index in [2.05, 4.69) is 34.8 Å². The highest BCUT2D eigenvalue weighted by Gasteiger charge is 2.14. The van der Waals surface area contributed by atoms with Crippen molar-refractivity contribution < 1.29 is 0 Å². The normalized spacial score (nSPS) is 22.1. The summed E-state index contributed by atoms with van der Waals surface area (Å²) in [7, 11) is 2.22. The van der Waals surface area contributed by atoms with Crippen LogP contribution in [0.15, 0.2) is 17.5 Å². The first kappa shape index (κ1) is 11.1. The molecule has 84 valence electrons. The van der Waals surface area contributed by atoms with E-state index in [1.54, 1.807) is 0 Å². The maximum absolute atomic E-state index is 3.59. The van der Waals surface area contributed by atoms with Crippen LogP contribution in [0.25, 0.3) is 0 Å². The summed E-state index contributed by atoms with van der Waals surface area (Å²) >= 11 is 1.85. The molecule has 0 aliphatic carbocycles. The average molecular weight is 224 g/mol. The molecule has 1 atom stereocenters. The van der Waals surface area contributed by atoms with Gasteiger partial charge in [0.1, 0.15) is 0 Å². The second kappa shape index (κ2) is 5.64. The molecule has 3 heteroatoms. The lowest BCUT2D eigenvalue weighted by atomic mass is 10.0. The molecule has 1 aromatic rings. The Morgan fingerprint density at radius 3 is 3.13 bits per heavy atom. The average Bonchev–Trinajstić information content (AvgIpc) is 2.71. The van der Waals surface area contributed by atoms with Crippen LogP contribution in [0.3, 0.4) is 0 Å². The van der Waals surface area contributed by atoms with E-state index in [4.69, 9.17) is 0 Å². The molecule has 0 aromatic carbocycles. The standard InChI is InChI=1S/C12H20N2S/c1-14(10-12-6-4-8-15-12)9-11-5-2-3-7-13-11/h4,6,8,11,13H,2-3,5,7,9-10H2,1H3. The maximum Gasteiger partial charge on any atom is 0.0325 e. The van der Waals surface area contributed by atoms with Crippen molar-refractivity contribution in [1.29, 1.82) is 0 Å². The molecule has 0 spiro atoms. The molecule has 0 radical (unpaired) electrons. The van der Waals surface area contributed by atoms with Crippen LogP contribution in [-0.2, 0) is 6.54 Å². The molecule has 1 unspecified atom stereocenters. The Hall–Kier alpha value is -0.380. The minimum atomic E-state index is 0.712. The minimum absolute atomic E-state index is 0.712. The largest absolute Gasteiger partial charge is 0.313 e. The molecular weight excluding hydrogens is 204 g/mol. The second-order valence-corrected chi connectivity index (χ2v) is 5.46. The lowest BCUT2D eigenvalue weighted by molar-refractivity contribution is 0.258. The molecule has 2 rings (SSSR count). The van der Waals surface area contributed by atoms with E-state index in [1.165, 1.54) is 37.2 Å². The molecule has 0 amide bonds. The van der Waals surface area contributed by atoms with Crippen molar-refractivity contribution >= 4 is 11.3 Å². The van der Waals surface area contributed by atoms with Crippen LogP contribution in [0, 0.1) is 0 Å². The van der Waals surface area contributed by atoms with Gasteiger partial charge < -0.3 is 5.32 Å². The van der Waals surface area contributed by atoms with Gasteiger partial charge >= 0.3 is 0 Å². The van der Waals surface area contributed by atoms with E-state index in [1.807, 2.05) is 11.3 Å². The zero-order valence-corrected chi connectivity index (χ0v) is 10.2. The number of hydrogen-bond donors (Lipinski definition) is 1. The highest BCUT2D eigenvalue weighted by molar-refractivity contribution is 7.09. The maximum atomic E-state index is 3.59. The molecule has 1 aliphatic heterocycles. The van der Waals surface area contributed by atoms with Crippen LogP contribution < -0.4 is 5.32 Å². The van der Waals surface area contributed by atoms with E-state index in [0.717, 1.165) is 6.54 Å². The van der Waals surface area contributed by atoms with E-state index in [-0.39, 0.29) is 0 Å². The van der Waals surface area contributed by atoms with Crippen LogP contribution >= 0.6 is 11.3 Å². The number of hydrogen-bond acceptors (Lipinski definition) is 3. The SMILES string of the molecule is CN(Cc1cccs1)CC1CCCCN1. The van der Waals surface area contributed by atoms with Gasteiger partial charge in [0.25, 0.3) is 0 Å². The van der Waals surface area contributed by atoms with Crippen LogP contribution in [0.4, 0.5) is 0 Å². The first-order valence-electron chi connectivity index (χ1n) is 5.79. The van der Waals surface area contributed by atoms with Gasteiger partial charge in [-0.15, -0.1) is 11.3 Å². The Morgan fingerprint density at radius 2 is 2.47 bits per heavy atom. The third kappa shape index (κ3) is 3.59. The van der Waals surface area contributed by atoms with Gasteiger partial charge in [0, 0.05) is 24.0 Å². The van der Waals surface area contributed by atoms with Gasteiger partial charge in [-0.2, -0.15) is 0 Å². The fourth-order valence-corrected chi connectivity index (χ4v) is 2.97. The predicted octanol–water partition coefficient (Wildman–Crippen LogP) is 2.32. The Bertz CT molecular complexity index is 265. The lowest BCUT2D eigenvalue weighted by Gasteiger charge is -2.27. The predicted molar refractivity (Wildman–Crippen MR) is 66.3 cm³/mol. The van der Waals surface area contributed by atoms with Crippen LogP contribution in [0.2, 0.25) is 0 Å². The summed E-state index contributed by atoms with van der Waals surface area (Å²) in [6.45, 7) is 3.48. The van der Waals surface area contributed by atoms with Gasteiger partial charge in [-0.25, -0.2) is 0 Å². The summed E-state index contributed by atoms with van der Waals surface area (Å²) < 4.78 is 0. The number of likely N-dealkylation sites (N-methyl/N-ethyl adjacent to an activating group) is 1. The molecule has 1 aliphatic rings. The summed E-state index contributed by atoms with van der Waals surface area (Å²) in [6, 6.07) is 5.06. The van der Waals surface area contributed by atoms with Crippen molar-refractivity contribution in [2.75, 3.05) is 20.1 Å². The van der Waals surface area contributed by atoms with Crippen molar-refractivity contribution in [2.45, 2.75) is 31.8 Å². The molecule has 2 nitrogen and oxygen atoms in total. The van der Waals surface area contributed by atoms with Crippen molar-refractivity contribution in [1.82, 2.24) is 10.2 Å². The molecule has 15 heavy (non-hydrogen) atoms. The summed E-state index contributed by atoms with van der Waals surface area (Å²) in [6.07, 6.45) is 4.09. The minimum Gasteiger partial charge on any atom is -0.313 e. The van der Waals surface area contributed by atoms with Crippen molar-refractivity contribution in [3.8, 4) is 0 Å². The van der Waals surface area contributed by atoms with Crippen LogP contribution in [0.1, 0.15) is 24.1 Å². The molecule has 1 saturated heterocycles. The van der Waals surface area contributed by atoms with Crippen LogP contribution in [-0.4, -0.2) is 31.1 Å². The number of nitrogens with zero attached hydrogens (tertiary/aromatic N) is 1. The third-order valence-electron chi connectivity index (χ3n) is 2.95. The molecule has 0 bridgehead atoms. The van der Waals surface area contributed by atoms with Crippen molar-refractivity contribution in [2.24, 2.45) is 0 Å². The summed E-state index contributed by atoms with van der Waals surface area (Å²) in [5.74, 6) is 0. The van der Waals surface area contributed by atoms with Gasteiger partial charge in [-0.05, 0) is 37.9 Å². The summed E-state index contributed by atoms with van der Waals surface area (Å²) in [4.78, 5) is 3.89. The molecule has 1 N–H and O–H groups in total. The van der Waals surface area contributed by atoms with Gasteiger partial charge in [0.05, 0.1) is 0 Å². The van der Waals surface area contributed by atoms with E-state index in [9.17, 15) is 0 Å². The lowest BCUT2D eigenvalue weighted by Crippen LogP contribution is -2.42.